The van der Waals surface area contributed by atoms with Crippen LogP contribution in [0.3, 0.4) is 0 Å². The number of sulfonamides is 1. The molecular weight excluding hydrogens is 527 g/mol. The molecule has 0 saturated carbocycles. The van der Waals surface area contributed by atoms with Gasteiger partial charge in [0.05, 0.1) is 27.9 Å². The average Bonchev–Trinajstić information content (AvgIpc) is 3.60. The zero-order chi connectivity index (χ0) is 26.0. The first-order chi connectivity index (χ1) is 17.9. The second-order valence-corrected chi connectivity index (χ2v) is 12.8. The summed E-state index contributed by atoms with van der Waals surface area (Å²) in [5.74, 6) is 0.362. The number of furan rings is 1. The van der Waals surface area contributed by atoms with Crippen molar-refractivity contribution in [2.75, 3.05) is 17.7 Å². The van der Waals surface area contributed by atoms with Crippen molar-refractivity contribution in [2.24, 2.45) is 0 Å². The van der Waals surface area contributed by atoms with Gasteiger partial charge in [0.25, 0.3) is 5.91 Å². The van der Waals surface area contributed by atoms with E-state index in [4.69, 9.17) is 9.40 Å². The minimum absolute atomic E-state index is 0.0227. The molecule has 7 nitrogen and oxygen atoms in total. The monoisotopic (exact) mass is 555 g/mol. The Bertz CT molecular complexity index is 1480. The van der Waals surface area contributed by atoms with Gasteiger partial charge >= 0.3 is 0 Å². The van der Waals surface area contributed by atoms with Gasteiger partial charge in [-0.25, -0.2) is 13.4 Å². The molecule has 0 N–H and O–H groups in total. The molecule has 1 unspecified atom stereocenters. The molecule has 2 aromatic carbocycles. The minimum atomic E-state index is -3.62. The number of thiazole rings is 1. The molecule has 2 aromatic heterocycles. The van der Waals surface area contributed by atoms with Gasteiger partial charge in [0.15, 0.2) is 5.13 Å². The van der Waals surface area contributed by atoms with Crippen molar-refractivity contribution in [3.8, 4) is 0 Å². The summed E-state index contributed by atoms with van der Waals surface area (Å²) >= 11 is 3.10. The summed E-state index contributed by atoms with van der Waals surface area (Å²) in [5.41, 5.74) is 1.21. The molecule has 1 fully saturated rings. The van der Waals surface area contributed by atoms with Gasteiger partial charge in [0.1, 0.15) is 5.76 Å². The van der Waals surface area contributed by atoms with E-state index in [1.165, 1.54) is 23.5 Å². The second kappa shape index (κ2) is 11.0. The maximum absolute atomic E-state index is 13.7. The molecular formula is C27H29N3O4S3. The van der Waals surface area contributed by atoms with Crippen LogP contribution < -0.4 is 4.90 Å². The van der Waals surface area contributed by atoms with E-state index in [-0.39, 0.29) is 23.4 Å². The number of benzene rings is 2. The van der Waals surface area contributed by atoms with Crippen LogP contribution in [0.15, 0.2) is 75.1 Å². The number of hydrogen-bond acceptors (Lipinski definition) is 7. The minimum Gasteiger partial charge on any atom is -0.467 e. The first-order valence-electron chi connectivity index (χ1n) is 12.3. The highest BCUT2D eigenvalue weighted by Crippen LogP contribution is 2.33. The lowest BCUT2D eigenvalue weighted by Crippen LogP contribution is -2.43. The van der Waals surface area contributed by atoms with Gasteiger partial charge in [0.2, 0.25) is 10.0 Å². The Morgan fingerprint density at radius 3 is 2.70 bits per heavy atom. The molecule has 1 atom stereocenters. The van der Waals surface area contributed by atoms with Crippen molar-refractivity contribution in [1.29, 1.82) is 0 Å². The number of rotatable bonds is 8. The van der Waals surface area contributed by atoms with Crippen LogP contribution in [0, 0.1) is 0 Å². The highest BCUT2D eigenvalue weighted by molar-refractivity contribution is 7.98. The largest absolute Gasteiger partial charge is 0.467 e. The Kier molecular flexibility index (Phi) is 7.71. The summed E-state index contributed by atoms with van der Waals surface area (Å²) in [7, 11) is -3.62. The number of anilines is 1. The number of nitrogens with zero attached hydrogens (tertiary/aromatic N) is 3. The predicted molar refractivity (Wildman–Crippen MR) is 149 cm³/mol. The molecule has 4 aromatic rings. The van der Waals surface area contributed by atoms with Crippen LogP contribution in [-0.4, -0.2) is 42.5 Å². The SMILES string of the molecule is CCC1CCCCN1S(=O)(=O)c1ccc(C(=O)N(Cc2ccco2)c2nc3ccc(SC)cc3s2)cc1. The van der Waals surface area contributed by atoms with E-state index in [1.807, 2.05) is 31.4 Å². The zero-order valence-corrected chi connectivity index (χ0v) is 23.2. The molecule has 1 amide bonds. The number of carbonyl (C=O) groups is 1. The maximum atomic E-state index is 13.7. The number of aromatic nitrogens is 1. The van der Waals surface area contributed by atoms with Crippen molar-refractivity contribution in [1.82, 2.24) is 9.29 Å². The summed E-state index contributed by atoms with van der Waals surface area (Å²) in [4.78, 5) is 21.4. The summed E-state index contributed by atoms with van der Waals surface area (Å²) in [6.07, 6.45) is 7.19. The average molecular weight is 556 g/mol. The fraction of sp³-hybridized carbons (Fsp3) is 0.333. The van der Waals surface area contributed by atoms with E-state index in [9.17, 15) is 13.2 Å². The topological polar surface area (TPSA) is 83.7 Å². The van der Waals surface area contributed by atoms with E-state index < -0.39 is 10.0 Å². The van der Waals surface area contributed by atoms with Gasteiger partial charge < -0.3 is 4.42 Å². The van der Waals surface area contributed by atoms with Crippen molar-refractivity contribution in [3.05, 3.63) is 72.2 Å². The van der Waals surface area contributed by atoms with Crippen LogP contribution in [-0.2, 0) is 16.6 Å². The van der Waals surface area contributed by atoms with Crippen LogP contribution in [0.4, 0.5) is 5.13 Å². The van der Waals surface area contributed by atoms with E-state index in [2.05, 4.69) is 6.07 Å². The highest BCUT2D eigenvalue weighted by Gasteiger charge is 2.32. The molecule has 5 rings (SSSR count). The van der Waals surface area contributed by atoms with Crippen molar-refractivity contribution in [3.63, 3.8) is 0 Å². The molecule has 0 bridgehead atoms. The van der Waals surface area contributed by atoms with Gasteiger partial charge in [-0.1, -0.05) is 24.7 Å². The van der Waals surface area contributed by atoms with Gasteiger partial charge in [0, 0.05) is 23.0 Å². The Hall–Kier alpha value is -2.66. The van der Waals surface area contributed by atoms with Gasteiger partial charge in [-0.2, -0.15) is 4.31 Å². The lowest BCUT2D eigenvalue weighted by molar-refractivity contribution is 0.0983. The molecule has 37 heavy (non-hydrogen) atoms. The third-order valence-electron chi connectivity index (χ3n) is 6.71. The lowest BCUT2D eigenvalue weighted by atomic mass is 10.0. The van der Waals surface area contributed by atoms with E-state index in [0.29, 0.717) is 23.0 Å². The van der Waals surface area contributed by atoms with E-state index in [0.717, 1.165) is 40.8 Å². The lowest BCUT2D eigenvalue weighted by Gasteiger charge is -2.34. The van der Waals surface area contributed by atoms with Gasteiger partial charge in [-0.3, -0.25) is 9.69 Å². The molecule has 194 valence electrons. The van der Waals surface area contributed by atoms with Gasteiger partial charge in [-0.15, -0.1) is 11.8 Å². The fourth-order valence-corrected chi connectivity index (χ4v) is 7.96. The molecule has 0 radical (unpaired) electrons. The molecule has 0 spiro atoms. The normalized spacial score (nSPS) is 16.8. The quantitative estimate of drug-likeness (QED) is 0.234. The Balaban J connectivity index is 1.45. The van der Waals surface area contributed by atoms with Gasteiger partial charge in [-0.05, 0) is 80.1 Å². The van der Waals surface area contributed by atoms with Crippen molar-refractivity contribution < 1.29 is 17.6 Å². The summed E-state index contributed by atoms with van der Waals surface area (Å²) in [6.45, 7) is 2.78. The first kappa shape index (κ1) is 26.0. The van der Waals surface area contributed by atoms with E-state index in [1.54, 1.807) is 45.4 Å². The number of carbonyl (C=O) groups excluding carboxylic acids is 1. The molecule has 1 saturated heterocycles. The molecule has 0 aliphatic carbocycles. The molecule has 1 aliphatic rings. The standard InChI is InChI=1S/C27H29N3O4S3/c1-3-20-7-4-5-15-30(20)37(32,33)23-12-9-19(10-13-23)26(31)29(18-21-8-6-16-34-21)27-28-24-14-11-22(35-2)17-25(24)36-27/h6,8-14,16-17,20H,3-5,7,15,18H2,1-2H3. The van der Waals surface area contributed by atoms with Crippen LogP contribution in [0.25, 0.3) is 10.2 Å². The summed E-state index contributed by atoms with van der Waals surface area (Å²) in [6, 6.07) is 15.9. The fourth-order valence-electron chi connectivity index (χ4n) is 4.68. The van der Waals surface area contributed by atoms with Crippen LogP contribution >= 0.6 is 23.1 Å². The summed E-state index contributed by atoms with van der Waals surface area (Å²) < 4.78 is 34.9. The maximum Gasteiger partial charge on any atom is 0.260 e. The Morgan fingerprint density at radius 1 is 1.19 bits per heavy atom. The van der Waals surface area contributed by atoms with Crippen molar-refractivity contribution >= 4 is 54.4 Å². The third kappa shape index (κ3) is 5.34. The number of amides is 1. The molecule has 3 heterocycles. The van der Waals surface area contributed by atoms with Crippen molar-refractivity contribution in [2.45, 2.75) is 55.0 Å². The Morgan fingerprint density at radius 2 is 2.00 bits per heavy atom. The number of hydrogen-bond donors (Lipinski definition) is 0. The van der Waals surface area contributed by atoms with Crippen LogP contribution in [0.2, 0.25) is 0 Å². The first-order valence-corrected chi connectivity index (χ1v) is 15.8. The zero-order valence-electron chi connectivity index (χ0n) is 20.8. The second-order valence-electron chi connectivity index (χ2n) is 9.00. The number of piperidine rings is 1. The van der Waals surface area contributed by atoms with Crippen LogP contribution in [0.1, 0.15) is 48.7 Å². The molecule has 10 heteroatoms. The van der Waals surface area contributed by atoms with E-state index >= 15 is 0 Å². The predicted octanol–water partition coefficient (Wildman–Crippen LogP) is 6.41. The highest BCUT2D eigenvalue weighted by atomic mass is 32.2. The van der Waals surface area contributed by atoms with Crippen LogP contribution in [0.5, 0.6) is 0 Å². The molecule has 1 aliphatic heterocycles. The summed E-state index contributed by atoms with van der Waals surface area (Å²) in [5, 5.41) is 0.561. The number of fused-ring (bicyclic) bond motifs is 1. The smallest absolute Gasteiger partial charge is 0.260 e. The Labute approximate surface area is 225 Å². The number of thioether (sulfide) groups is 1. The third-order valence-corrected chi connectivity index (χ3v) is 10.4.